The molecule has 3 fully saturated rings. The highest BCUT2D eigenvalue weighted by Crippen LogP contribution is 2.49. The molecule has 1 saturated carbocycles. The summed E-state index contributed by atoms with van der Waals surface area (Å²) < 4.78 is 0.431. The van der Waals surface area contributed by atoms with E-state index >= 15 is 0 Å². The molecule has 2 saturated heterocycles. The fraction of sp³-hybridized carbons (Fsp3) is 0.440. The predicted molar refractivity (Wildman–Crippen MR) is 136 cm³/mol. The monoisotopic (exact) mass is 497 g/mol. The molecule has 0 aromatic heterocycles. The molecule has 1 aromatic carbocycles. The van der Waals surface area contributed by atoms with Gasteiger partial charge in [-0.3, -0.25) is 24.2 Å². The van der Waals surface area contributed by atoms with Gasteiger partial charge < -0.3 is 10.0 Å². The third-order valence-corrected chi connectivity index (χ3v) is 8.73. The largest absolute Gasteiger partial charge is 0.480 e. The number of allylic oxidation sites excluding steroid dienone is 1. The predicted octanol–water partition coefficient (Wildman–Crippen LogP) is 3.95. The van der Waals surface area contributed by atoms with Crippen molar-refractivity contribution in [1.82, 2.24) is 9.80 Å². The number of rotatable bonds is 5. The van der Waals surface area contributed by atoms with E-state index in [9.17, 15) is 19.5 Å². The second kappa shape index (κ2) is 8.85. The Bertz CT molecular complexity index is 1170. The van der Waals surface area contributed by atoms with E-state index in [0.29, 0.717) is 39.0 Å². The van der Waals surface area contributed by atoms with Gasteiger partial charge in [-0.2, -0.15) is 0 Å². The van der Waals surface area contributed by atoms with Crippen molar-refractivity contribution in [2.45, 2.75) is 51.5 Å². The van der Waals surface area contributed by atoms with Crippen LogP contribution in [-0.4, -0.2) is 62.7 Å². The number of likely N-dealkylation sites (N-methyl/N-ethyl adjacent to an activating group) is 2. The maximum Gasteiger partial charge on any atom is 0.323 e. The number of carboxylic acid groups (broad SMARTS) is 1. The summed E-state index contributed by atoms with van der Waals surface area (Å²) in [5.74, 6) is -1.22. The Morgan fingerprint density at radius 2 is 1.97 bits per heavy atom. The number of thioether (sulfide) groups is 1. The molecule has 5 rings (SSSR count). The Balaban J connectivity index is 1.51. The third-order valence-electron chi connectivity index (χ3n) is 7.25. The molecule has 0 bridgehead atoms. The van der Waals surface area contributed by atoms with Crippen molar-refractivity contribution in [1.29, 1.82) is 0 Å². The van der Waals surface area contributed by atoms with Crippen LogP contribution in [-0.2, 0) is 14.4 Å². The molecule has 4 aliphatic rings. The van der Waals surface area contributed by atoms with Gasteiger partial charge in [0.25, 0.3) is 11.8 Å². The Labute approximate surface area is 208 Å². The van der Waals surface area contributed by atoms with E-state index in [0.717, 1.165) is 23.9 Å². The molecule has 9 heteroatoms. The molecule has 0 radical (unpaired) electrons. The van der Waals surface area contributed by atoms with E-state index in [1.165, 1.54) is 40.3 Å². The molecule has 0 spiro atoms. The normalized spacial score (nSPS) is 27.4. The molecule has 2 unspecified atom stereocenters. The topological polar surface area (TPSA) is 81.2 Å². The van der Waals surface area contributed by atoms with Gasteiger partial charge in [0.15, 0.2) is 0 Å². The van der Waals surface area contributed by atoms with Crippen LogP contribution in [0, 0.1) is 0 Å². The first-order valence-corrected chi connectivity index (χ1v) is 13.0. The Morgan fingerprint density at radius 3 is 2.65 bits per heavy atom. The molecule has 3 heterocycles. The zero-order valence-electron chi connectivity index (χ0n) is 19.2. The van der Waals surface area contributed by atoms with E-state index in [1.807, 2.05) is 19.1 Å². The molecule has 34 heavy (non-hydrogen) atoms. The van der Waals surface area contributed by atoms with Crippen molar-refractivity contribution in [2.75, 3.05) is 24.5 Å². The highest BCUT2D eigenvalue weighted by atomic mass is 32.2. The summed E-state index contributed by atoms with van der Waals surface area (Å²) in [6.07, 6.45) is 5.70. The summed E-state index contributed by atoms with van der Waals surface area (Å²) in [6, 6.07) is 6.92. The Morgan fingerprint density at radius 1 is 1.18 bits per heavy atom. The van der Waals surface area contributed by atoms with Gasteiger partial charge in [0.05, 0.1) is 4.91 Å². The average Bonchev–Trinajstić information content (AvgIpc) is 3.52. The van der Waals surface area contributed by atoms with E-state index < -0.39 is 12.5 Å². The summed E-state index contributed by atoms with van der Waals surface area (Å²) in [7, 11) is 0. The van der Waals surface area contributed by atoms with E-state index in [-0.39, 0.29) is 18.2 Å². The van der Waals surface area contributed by atoms with Crippen LogP contribution >= 0.6 is 24.0 Å². The van der Waals surface area contributed by atoms with Crippen molar-refractivity contribution < 1.29 is 19.5 Å². The number of anilines is 1. The van der Waals surface area contributed by atoms with Crippen molar-refractivity contribution in [3.05, 3.63) is 45.5 Å². The van der Waals surface area contributed by atoms with Crippen molar-refractivity contribution in [3.8, 4) is 0 Å². The number of hydrogen-bond acceptors (Lipinski definition) is 6. The lowest BCUT2D eigenvalue weighted by Crippen LogP contribution is -2.32. The smallest absolute Gasteiger partial charge is 0.323 e. The van der Waals surface area contributed by atoms with Gasteiger partial charge in [-0.15, -0.1) is 0 Å². The summed E-state index contributed by atoms with van der Waals surface area (Å²) in [5.41, 5.74) is 4.49. The van der Waals surface area contributed by atoms with Gasteiger partial charge in [0, 0.05) is 48.4 Å². The van der Waals surface area contributed by atoms with Gasteiger partial charge in [0.1, 0.15) is 10.9 Å². The Kier molecular flexibility index (Phi) is 6.02. The van der Waals surface area contributed by atoms with Gasteiger partial charge in [-0.25, -0.2) is 0 Å². The number of fused-ring (bicyclic) bond motifs is 3. The van der Waals surface area contributed by atoms with E-state index in [2.05, 4.69) is 24.0 Å². The minimum Gasteiger partial charge on any atom is -0.480 e. The molecule has 178 valence electrons. The number of likely N-dealkylation sites (tertiary alicyclic amines) is 1. The highest BCUT2D eigenvalue weighted by molar-refractivity contribution is 8.26. The van der Waals surface area contributed by atoms with E-state index in [1.54, 1.807) is 0 Å². The highest BCUT2D eigenvalue weighted by Gasteiger charge is 2.42. The lowest BCUT2D eigenvalue weighted by Gasteiger charge is -2.25. The van der Waals surface area contributed by atoms with Crippen molar-refractivity contribution in [2.24, 2.45) is 0 Å². The third kappa shape index (κ3) is 3.65. The number of amides is 2. The number of nitrogens with zero attached hydrogens (tertiary/aromatic N) is 3. The molecular formula is C25H27N3O4S2. The molecule has 1 aromatic rings. The number of aliphatic carboxylic acids is 1. The lowest BCUT2D eigenvalue weighted by atomic mass is 9.95. The second-order valence-corrected chi connectivity index (χ2v) is 10.7. The molecule has 7 nitrogen and oxygen atoms in total. The lowest BCUT2D eigenvalue weighted by molar-refractivity contribution is -0.141. The minimum atomic E-state index is -1.12. The van der Waals surface area contributed by atoms with Crippen LogP contribution in [0.3, 0.4) is 0 Å². The van der Waals surface area contributed by atoms with Gasteiger partial charge >= 0.3 is 5.97 Å². The summed E-state index contributed by atoms with van der Waals surface area (Å²) in [6.45, 7) is 4.96. The number of thiocarbonyl (C=S) groups is 1. The quantitative estimate of drug-likeness (QED) is 0.487. The van der Waals surface area contributed by atoms with Crippen LogP contribution in [0.1, 0.15) is 56.6 Å². The fourth-order valence-corrected chi connectivity index (χ4v) is 7.25. The van der Waals surface area contributed by atoms with E-state index in [4.69, 9.17) is 12.2 Å². The van der Waals surface area contributed by atoms with Crippen LogP contribution in [0.5, 0.6) is 0 Å². The molecule has 2 amide bonds. The number of hydrogen-bond donors (Lipinski definition) is 1. The molecule has 3 aliphatic heterocycles. The van der Waals surface area contributed by atoms with Crippen molar-refractivity contribution >= 4 is 57.8 Å². The van der Waals surface area contributed by atoms with Crippen LogP contribution in [0.25, 0.3) is 6.08 Å². The number of carbonyl (C=O) groups excluding carboxylic acids is 2. The standard InChI is InChI=1S/C25H27N3O4S2/c1-3-26-18-7-5-6-16(18)17-11-14(8-9-19(17)26)10-15-12-20(28(23(15)31)13-21(29)30)22-24(32)27(4-2)25(33)34-22/h8-11,16,18H,3-7,12-13H2,1-2H3,(H,29,30)/b15-10-,22-20-. The maximum absolute atomic E-state index is 13.3. The number of carboxylic acids is 1. The molecule has 1 N–H and O–H groups in total. The van der Waals surface area contributed by atoms with Crippen molar-refractivity contribution in [3.63, 3.8) is 0 Å². The van der Waals surface area contributed by atoms with Crippen LogP contribution in [0.15, 0.2) is 34.4 Å². The molecule has 2 atom stereocenters. The van der Waals surface area contributed by atoms with Crippen LogP contribution in [0.4, 0.5) is 5.69 Å². The van der Waals surface area contributed by atoms with Crippen LogP contribution < -0.4 is 4.90 Å². The first-order chi connectivity index (χ1) is 16.3. The van der Waals surface area contributed by atoms with Crippen LogP contribution in [0.2, 0.25) is 0 Å². The number of benzene rings is 1. The minimum absolute atomic E-state index is 0.213. The summed E-state index contributed by atoms with van der Waals surface area (Å²) in [5, 5.41) is 9.42. The summed E-state index contributed by atoms with van der Waals surface area (Å²) >= 11 is 6.46. The zero-order chi connectivity index (χ0) is 24.1. The zero-order valence-corrected chi connectivity index (χ0v) is 20.9. The maximum atomic E-state index is 13.3. The molecular weight excluding hydrogens is 470 g/mol. The Hall–Kier alpha value is -2.65. The first kappa shape index (κ1) is 23.1. The first-order valence-electron chi connectivity index (χ1n) is 11.8. The van der Waals surface area contributed by atoms with Gasteiger partial charge in [0.2, 0.25) is 0 Å². The fourth-order valence-electron chi connectivity index (χ4n) is 5.79. The van der Waals surface area contributed by atoms with Gasteiger partial charge in [-0.1, -0.05) is 36.5 Å². The number of carbonyl (C=O) groups is 3. The molecule has 1 aliphatic carbocycles. The SMILES string of the molecule is CCN1C(=O)/C(=C2\C/C(=C/c3ccc4c(c3)C3CCCC3N4CC)C(=O)N2CC(=O)O)SC1=S. The van der Waals surface area contributed by atoms with Gasteiger partial charge in [-0.05, 0) is 56.0 Å². The summed E-state index contributed by atoms with van der Waals surface area (Å²) in [4.78, 5) is 43.2. The second-order valence-electron chi connectivity index (χ2n) is 9.03. The average molecular weight is 498 g/mol.